The molecule has 2 heteroatoms. The molecular weight excluding hydrogens is 184 g/mol. The molecule has 1 atom stereocenters. The minimum Gasteiger partial charge on any atom is -0.261 e. The maximum atomic E-state index is 4.28. The molecule has 0 spiro atoms. The molecule has 1 heterocycles. The zero-order chi connectivity index (χ0) is 10.5. The highest BCUT2D eigenvalue weighted by atomic mass is 14.8. The van der Waals surface area contributed by atoms with Crippen LogP contribution < -0.4 is 0 Å². The van der Waals surface area contributed by atoms with Gasteiger partial charge in [0.15, 0.2) is 0 Å². The summed E-state index contributed by atoms with van der Waals surface area (Å²) in [5.41, 5.74) is 2.40. The van der Waals surface area contributed by atoms with Crippen molar-refractivity contribution in [2.24, 2.45) is 0 Å². The molecule has 2 nitrogen and oxygen atoms in total. The van der Waals surface area contributed by atoms with Gasteiger partial charge in [-0.1, -0.05) is 37.3 Å². The lowest BCUT2D eigenvalue weighted by Crippen LogP contribution is -2.00. The molecule has 0 aliphatic heterocycles. The first-order chi connectivity index (χ1) is 7.36. The van der Waals surface area contributed by atoms with Crippen molar-refractivity contribution in [1.29, 1.82) is 0 Å². The number of aromatic nitrogens is 2. The van der Waals surface area contributed by atoms with Crippen LogP contribution in [0.5, 0.6) is 0 Å². The van der Waals surface area contributed by atoms with Gasteiger partial charge in [0.1, 0.15) is 0 Å². The van der Waals surface area contributed by atoms with E-state index in [-0.39, 0.29) is 0 Å². The predicted molar refractivity (Wildman–Crippen MR) is 60.6 cm³/mol. The molecule has 1 aromatic heterocycles. The maximum absolute atomic E-state index is 4.28. The zero-order valence-corrected chi connectivity index (χ0v) is 8.80. The molecule has 0 saturated heterocycles. The van der Waals surface area contributed by atoms with E-state index in [1.54, 1.807) is 12.4 Å². The molecule has 0 bridgehead atoms. The van der Waals surface area contributed by atoms with Crippen LogP contribution in [0.4, 0.5) is 0 Å². The van der Waals surface area contributed by atoms with Crippen molar-refractivity contribution in [3.8, 4) is 0 Å². The van der Waals surface area contributed by atoms with E-state index < -0.39 is 0 Å². The van der Waals surface area contributed by atoms with E-state index in [0.29, 0.717) is 5.92 Å². The van der Waals surface area contributed by atoms with E-state index in [4.69, 9.17) is 0 Å². The molecule has 0 aliphatic carbocycles. The molecule has 1 aromatic carbocycles. The molecule has 0 amide bonds. The Balaban J connectivity index is 2.08. The van der Waals surface area contributed by atoms with Crippen LogP contribution in [0, 0.1) is 0 Å². The molecule has 2 rings (SSSR count). The van der Waals surface area contributed by atoms with Crippen molar-refractivity contribution in [3.63, 3.8) is 0 Å². The van der Waals surface area contributed by atoms with Crippen LogP contribution in [0.1, 0.15) is 24.1 Å². The van der Waals surface area contributed by atoms with E-state index in [2.05, 4.69) is 41.2 Å². The van der Waals surface area contributed by atoms with Gasteiger partial charge in [0, 0.05) is 18.6 Å². The Labute approximate surface area is 90.0 Å². The molecular formula is C13H14N2. The summed E-state index contributed by atoms with van der Waals surface area (Å²) in [7, 11) is 0. The summed E-state index contributed by atoms with van der Waals surface area (Å²) in [4.78, 5) is 8.35. The lowest BCUT2D eigenvalue weighted by molar-refractivity contribution is 0.736. The fourth-order valence-electron chi connectivity index (χ4n) is 1.65. The van der Waals surface area contributed by atoms with Gasteiger partial charge in [0.05, 0.1) is 5.69 Å². The molecule has 0 radical (unpaired) electrons. The minimum atomic E-state index is 0.489. The van der Waals surface area contributed by atoms with E-state index >= 15 is 0 Å². The zero-order valence-electron chi connectivity index (χ0n) is 8.80. The highest BCUT2D eigenvalue weighted by molar-refractivity contribution is 5.20. The molecule has 0 aliphatic rings. The van der Waals surface area contributed by atoms with Crippen LogP contribution >= 0.6 is 0 Å². The third-order valence-corrected chi connectivity index (χ3v) is 2.50. The quantitative estimate of drug-likeness (QED) is 0.757. The van der Waals surface area contributed by atoms with Crippen molar-refractivity contribution in [2.75, 3.05) is 0 Å². The van der Waals surface area contributed by atoms with Gasteiger partial charge < -0.3 is 0 Å². The van der Waals surface area contributed by atoms with E-state index in [1.807, 2.05) is 12.3 Å². The average Bonchev–Trinajstić information content (AvgIpc) is 2.31. The SMILES string of the molecule is CC(Cc1cnccn1)c1ccccc1. The Bertz CT molecular complexity index is 397. The fourth-order valence-corrected chi connectivity index (χ4v) is 1.65. The summed E-state index contributed by atoms with van der Waals surface area (Å²) in [6, 6.07) is 10.5. The van der Waals surface area contributed by atoms with Gasteiger partial charge in [-0.25, -0.2) is 0 Å². The summed E-state index contributed by atoms with van der Waals surface area (Å²) in [6.07, 6.45) is 6.22. The Morgan fingerprint density at radius 3 is 2.60 bits per heavy atom. The monoisotopic (exact) mass is 198 g/mol. The normalized spacial score (nSPS) is 12.3. The topological polar surface area (TPSA) is 25.8 Å². The molecule has 76 valence electrons. The average molecular weight is 198 g/mol. The van der Waals surface area contributed by atoms with E-state index in [9.17, 15) is 0 Å². The first-order valence-corrected chi connectivity index (χ1v) is 5.16. The summed E-state index contributed by atoms with van der Waals surface area (Å²) in [5.74, 6) is 0.489. The third-order valence-electron chi connectivity index (χ3n) is 2.50. The van der Waals surface area contributed by atoms with E-state index in [1.165, 1.54) is 5.56 Å². The standard InChI is InChI=1S/C13H14N2/c1-11(12-5-3-2-4-6-12)9-13-10-14-7-8-15-13/h2-8,10-11H,9H2,1H3. The Kier molecular flexibility index (Phi) is 3.08. The largest absolute Gasteiger partial charge is 0.261 e. The van der Waals surface area contributed by atoms with Crippen molar-refractivity contribution < 1.29 is 0 Å². The number of hydrogen-bond donors (Lipinski definition) is 0. The van der Waals surface area contributed by atoms with Crippen molar-refractivity contribution in [3.05, 3.63) is 60.2 Å². The van der Waals surface area contributed by atoms with Crippen molar-refractivity contribution in [2.45, 2.75) is 19.3 Å². The van der Waals surface area contributed by atoms with Gasteiger partial charge in [-0.2, -0.15) is 0 Å². The van der Waals surface area contributed by atoms with Crippen molar-refractivity contribution in [1.82, 2.24) is 9.97 Å². The van der Waals surface area contributed by atoms with Crippen LogP contribution in [0.25, 0.3) is 0 Å². The number of rotatable bonds is 3. The minimum absolute atomic E-state index is 0.489. The van der Waals surface area contributed by atoms with Gasteiger partial charge in [-0.05, 0) is 17.9 Å². The van der Waals surface area contributed by atoms with Crippen molar-refractivity contribution >= 4 is 0 Å². The summed E-state index contributed by atoms with van der Waals surface area (Å²) < 4.78 is 0. The van der Waals surface area contributed by atoms with Gasteiger partial charge >= 0.3 is 0 Å². The molecule has 2 aromatic rings. The van der Waals surface area contributed by atoms with Crippen LogP contribution in [-0.4, -0.2) is 9.97 Å². The number of benzene rings is 1. The number of hydrogen-bond acceptors (Lipinski definition) is 2. The van der Waals surface area contributed by atoms with Crippen LogP contribution in [0.15, 0.2) is 48.9 Å². The van der Waals surface area contributed by atoms with Gasteiger partial charge in [0.2, 0.25) is 0 Å². The second-order valence-electron chi connectivity index (χ2n) is 3.71. The molecule has 1 unspecified atom stereocenters. The second-order valence-corrected chi connectivity index (χ2v) is 3.71. The molecule has 15 heavy (non-hydrogen) atoms. The smallest absolute Gasteiger partial charge is 0.0592 e. The Hall–Kier alpha value is -1.70. The summed E-state index contributed by atoms with van der Waals surface area (Å²) in [6.45, 7) is 2.21. The number of nitrogens with zero attached hydrogens (tertiary/aromatic N) is 2. The lowest BCUT2D eigenvalue weighted by Gasteiger charge is -2.10. The molecule has 0 fully saturated rings. The first-order valence-electron chi connectivity index (χ1n) is 5.16. The van der Waals surface area contributed by atoms with Crippen LogP contribution in [0.3, 0.4) is 0 Å². The van der Waals surface area contributed by atoms with Crippen LogP contribution in [-0.2, 0) is 6.42 Å². The Morgan fingerprint density at radius 2 is 1.93 bits per heavy atom. The summed E-state index contributed by atoms with van der Waals surface area (Å²) >= 11 is 0. The second kappa shape index (κ2) is 4.69. The Morgan fingerprint density at radius 1 is 1.13 bits per heavy atom. The highest BCUT2D eigenvalue weighted by Crippen LogP contribution is 2.18. The van der Waals surface area contributed by atoms with Crippen LogP contribution in [0.2, 0.25) is 0 Å². The van der Waals surface area contributed by atoms with Gasteiger partial charge in [0.25, 0.3) is 0 Å². The fraction of sp³-hybridized carbons (Fsp3) is 0.231. The van der Waals surface area contributed by atoms with Gasteiger partial charge in [-0.3, -0.25) is 9.97 Å². The lowest BCUT2D eigenvalue weighted by atomic mass is 9.96. The highest BCUT2D eigenvalue weighted by Gasteiger charge is 2.06. The van der Waals surface area contributed by atoms with E-state index in [0.717, 1.165) is 12.1 Å². The third kappa shape index (κ3) is 2.62. The van der Waals surface area contributed by atoms with Gasteiger partial charge in [-0.15, -0.1) is 0 Å². The predicted octanol–water partition coefficient (Wildman–Crippen LogP) is 2.82. The summed E-state index contributed by atoms with van der Waals surface area (Å²) in [5, 5.41) is 0. The molecule has 0 saturated carbocycles. The molecule has 0 N–H and O–H groups in total. The maximum Gasteiger partial charge on any atom is 0.0592 e. The first kappa shape index (κ1) is 9.84.